The molecule has 1 aliphatic rings. The summed E-state index contributed by atoms with van der Waals surface area (Å²) in [6.45, 7) is 1.64. The Morgan fingerprint density at radius 2 is 1.81 bits per heavy atom. The van der Waals surface area contributed by atoms with Crippen LogP contribution < -0.4 is 11.1 Å². The lowest BCUT2D eigenvalue weighted by Gasteiger charge is -2.22. The van der Waals surface area contributed by atoms with Crippen LogP contribution in [0.4, 0.5) is 20.4 Å². The summed E-state index contributed by atoms with van der Waals surface area (Å²) in [6, 6.07) is 8.83. The number of benzene rings is 1. The topological polar surface area (TPSA) is 124 Å². The number of fused-ring (bicyclic) bond motifs is 2. The van der Waals surface area contributed by atoms with Gasteiger partial charge in [0.1, 0.15) is 34.4 Å². The normalized spacial score (nSPS) is 16.8. The summed E-state index contributed by atoms with van der Waals surface area (Å²) in [5, 5.41) is 2.76. The number of nitrogen functional groups attached to an aromatic ring is 1. The molecule has 1 aromatic carbocycles. The van der Waals surface area contributed by atoms with Gasteiger partial charge in [0.05, 0.1) is 23.1 Å². The Balaban J connectivity index is 1.45. The number of rotatable bonds is 4. The van der Waals surface area contributed by atoms with E-state index in [1.165, 1.54) is 24.3 Å². The Kier molecular flexibility index (Phi) is 4.75. The summed E-state index contributed by atoms with van der Waals surface area (Å²) in [4.78, 5) is 35.3. The van der Waals surface area contributed by atoms with E-state index >= 15 is 0 Å². The second-order valence-corrected chi connectivity index (χ2v) is 8.63. The SMILES string of the molecule is CC1(c2ccc(F)cn2)C(=O)Nc2nc(-c3cn4ccnc4c(Cc4ccc(F)cc4)n3)nc(N)c21. The Labute approximate surface area is 203 Å². The van der Waals surface area contributed by atoms with E-state index in [-0.39, 0.29) is 23.3 Å². The summed E-state index contributed by atoms with van der Waals surface area (Å²) in [7, 11) is 0. The zero-order valence-electron chi connectivity index (χ0n) is 18.9. The fourth-order valence-corrected chi connectivity index (χ4v) is 4.46. The molecule has 36 heavy (non-hydrogen) atoms. The lowest BCUT2D eigenvalue weighted by Crippen LogP contribution is -2.34. The third-order valence-electron chi connectivity index (χ3n) is 6.32. The van der Waals surface area contributed by atoms with Crippen LogP contribution in [0, 0.1) is 11.6 Å². The number of carbonyl (C=O) groups is 1. The van der Waals surface area contributed by atoms with Gasteiger partial charge in [-0.05, 0) is 36.8 Å². The van der Waals surface area contributed by atoms with Gasteiger partial charge in [0.2, 0.25) is 5.91 Å². The molecule has 3 N–H and O–H groups in total. The van der Waals surface area contributed by atoms with Gasteiger partial charge in [-0.1, -0.05) is 12.1 Å². The average molecular weight is 484 g/mol. The number of nitrogens with one attached hydrogen (secondary N) is 1. The molecule has 1 unspecified atom stereocenters. The van der Waals surface area contributed by atoms with E-state index in [9.17, 15) is 13.6 Å². The van der Waals surface area contributed by atoms with Crippen molar-refractivity contribution in [3.05, 3.63) is 95.3 Å². The number of carbonyl (C=O) groups excluding carboxylic acids is 1. The minimum atomic E-state index is -1.29. The molecule has 1 atom stereocenters. The van der Waals surface area contributed by atoms with E-state index in [1.807, 2.05) is 0 Å². The van der Waals surface area contributed by atoms with Gasteiger partial charge in [0.25, 0.3) is 0 Å². The second-order valence-electron chi connectivity index (χ2n) is 8.63. The van der Waals surface area contributed by atoms with Crippen LogP contribution in [0.2, 0.25) is 0 Å². The minimum Gasteiger partial charge on any atom is -0.383 e. The van der Waals surface area contributed by atoms with E-state index in [4.69, 9.17) is 10.7 Å². The molecule has 0 radical (unpaired) electrons. The molecular weight excluding hydrogens is 466 g/mol. The van der Waals surface area contributed by atoms with Gasteiger partial charge >= 0.3 is 0 Å². The highest BCUT2D eigenvalue weighted by molar-refractivity contribution is 6.08. The van der Waals surface area contributed by atoms with E-state index in [0.717, 1.165) is 11.8 Å². The summed E-state index contributed by atoms with van der Waals surface area (Å²) in [5.41, 5.74) is 8.30. The minimum absolute atomic E-state index is 0.0783. The van der Waals surface area contributed by atoms with Gasteiger partial charge in [0, 0.05) is 25.0 Å². The zero-order valence-corrected chi connectivity index (χ0v) is 18.9. The molecule has 1 aliphatic heterocycles. The van der Waals surface area contributed by atoms with E-state index in [2.05, 4.69) is 25.3 Å². The molecule has 0 aliphatic carbocycles. The fraction of sp³-hybridized carbons (Fsp3) is 0.120. The number of halogens is 2. The molecule has 6 rings (SSSR count). The number of amides is 1. The van der Waals surface area contributed by atoms with E-state index in [0.29, 0.717) is 34.7 Å². The van der Waals surface area contributed by atoms with Crippen molar-refractivity contribution in [1.82, 2.24) is 29.3 Å². The molecule has 0 saturated heterocycles. The van der Waals surface area contributed by atoms with Crippen LogP contribution in [0.3, 0.4) is 0 Å². The maximum atomic E-state index is 13.4. The van der Waals surface area contributed by atoms with Gasteiger partial charge in [-0.15, -0.1) is 0 Å². The van der Waals surface area contributed by atoms with Gasteiger partial charge in [-0.25, -0.2) is 28.7 Å². The van der Waals surface area contributed by atoms with Gasteiger partial charge in [0.15, 0.2) is 11.5 Å². The number of aromatic nitrogens is 6. The molecule has 0 spiro atoms. The Bertz CT molecular complexity index is 1650. The van der Waals surface area contributed by atoms with Crippen molar-refractivity contribution in [3.8, 4) is 11.5 Å². The average Bonchev–Trinajstić information content (AvgIpc) is 3.44. The van der Waals surface area contributed by atoms with Crippen LogP contribution in [-0.4, -0.2) is 35.2 Å². The van der Waals surface area contributed by atoms with Crippen LogP contribution in [0.5, 0.6) is 0 Å². The Morgan fingerprint density at radius 1 is 1.03 bits per heavy atom. The number of hydrogen-bond acceptors (Lipinski definition) is 7. The molecular formula is C25H18F2N8O. The maximum absolute atomic E-state index is 13.4. The van der Waals surface area contributed by atoms with Gasteiger partial charge < -0.3 is 15.5 Å². The first-order valence-corrected chi connectivity index (χ1v) is 11.0. The lowest BCUT2D eigenvalue weighted by molar-refractivity contribution is -0.119. The predicted octanol–water partition coefficient (Wildman–Crippen LogP) is 3.29. The molecule has 0 bridgehead atoms. The van der Waals surface area contributed by atoms with Crippen molar-refractivity contribution < 1.29 is 13.6 Å². The molecule has 0 saturated carbocycles. The molecule has 11 heteroatoms. The van der Waals surface area contributed by atoms with Crippen molar-refractivity contribution >= 4 is 23.2 Å². The quantitative estimate of drug-likeness (QED) is 0.401. The van der Waals surface area contributed by atoms with Gasteiger partial charge in [-0.3, -0.25) is 9.78 Å². The van der Waals surface area contributed by atoms with Crippen LogP contribution in [0.25, 0.3) is 17.2 Å². The van der Waals surface area contributed by atoms with Crippen molar-refractivity contribution in [2.45, 2.75) is 18.8 Å². The first kappa shape index (κ1) is 21.7. The number of anilines is 2. The molecule has 4 aromatic heterocycles. The molecule has 5 aromatic rings. The number of hydrogen-bond donors (Lipinski definition) is 2. The smallest absolute Gasteiger partial charge is 0.242 e. The highest BCUT2D eigenvalue weighted by atomic mass is 19.1. The van der Waals surface area contributed by atoms with Gasteiger partial charge in [-0.2, -0.15) is 0 Å². The van der Waals surface area contributed by atoms with Crippen LogP contribution >= 0.6 is 0 Å². The third kappa shape index (κ3) is 3.35. The number of imidazole rings is 1. The Morgan fingerprint density at radius 3 is 2.56 bits per heavy atom. The largest absolute Gasteiger partial charge is 0.383 e. The monoisotopic (exact) mass is 484 g/mol. The Hall–Kier alpha value is -4.80. The molecule has 5 heterocycles. The summed E-state index contributed by atoms with van der Waals surface area (Å²) < 4.78 is 28.6. The standard InChI is InChI=1S/C25H18F2N8O/c1-25(18-7-6-15(27)11-30-18)19-20(28)32-21(33-22(19)34-24(25)36)17-12-35-9-8-29-23(35)16(31-17)10-13-2-4-14(26)5-3-13/h2-9,11-12H,10H2,1H3,(H3,28,32,33,34,36). The highest BCUT2D eigenvalue weighted by Crippen LogP contribution is 2.44. The molecule has 0 fully saturated rings. The van der Waals surface area contributed by atoms with E-state index < -0.39 is 17.1 Å². The zero-order chi connectivity index (χ0) is 25.0. The molecule has 1 amide bonds. The number of pyridine rings is 1. The van der Waals surface area contributed by atoms with E-state index in [1.54, 1.807) is 42.0 Å². The molecule has 9 nitrogen and oxygen atoms in total. The third-order valence-corrected chi connectivity index (χ3v) is 6.32. The first-order valence-electron chi connectivity index (χ1n) is 11.0. The van der Waals surface area contributed by atoms with Crippen molar-refractivity contribution in [2.75, 3.05) is 11.1 Å². The van der Waals surface area contributed by atoms with Crippen molar-refractivity contribution in [2.24, 2.45) is 0 Å². The fourth-order valence-electron chi connectivity index (χ4n) is 4.46. The van der Waals surface area contributed by atoms with Crippen LogP contribution in [0.1, 0.15) is 29.4 Å². The predicted molar refractivity (Wildman–Crippen MR) is 127 cm³/mol. The summed E-state index contributed by atoms with van der Waals surface area (Å²) in [6.07, 6.45) is 6.58. The van der Waals surface area contributed by atoms with Crippen molar-refractivity contribution in [3.63, 3.8) is 0 Å². The van der Waals surface area contributed by atoms with Crippen LogP contribution in [-0.2, 0) is 16.6 Å². The lowest BCUT2D eigenvalue weighted by atomic mass is 9.81. The highest BCUT2D eigenvalue weighted by Gasteiger charge is 2.48. The molecule has 178 valence electrons. The van der Waals surface area contributed by atoms with Crippen molar-refractivity contribution in [1.29, 1.82) is 0 Å². The number of nitrogens with two attached hydrogens (primary N) is 1. The summed E-state index contributed by atoms with van der Waals surface area (Å²) >= 11 is 0. The summed E-state index contributed by atoms with van der Waals surface area (Å²) in [5.74, 6) is -0.710. The number of nitrogens with zero attached hydrogens (tertiary/aromatic N) is 6. The first-order chi connectivity index (χ1) is 17.3. The second kappa shape index (κ2) is 7.87. The maximum Gasteiger partial charge on any atom is 0.242 e. The van der Waals surface area contributed by atoms with Crippen LogP contribution in [0.15, 0.2) is 61.2 Å².